The van der Waals surface area contributed by atoms with Gasteiger partial charge in [0.1, 0.15) is 5.75 Å². The van der Waals surface area contributed by atoms with Crippen LogP contribution >= 0.6 is 11.6 Å². The van der Waals surface area contributed by atoms with Crippen LogP contribution < -0.4 is 4.74 Å². The fourth-order valence-electron chi connectivity index (χ4n) is 1.35. The molecule has 0 spiro atoms. The van der Waals surface area contributed by atoms with Crippen molar-refractivity contribution in [2.45, 2.75) is 33.6 Å². The van der Waals surface area contributed by atoms with Crippen molar-refractivity contribution >= 4 is 23.5 Å². The lowest BCUT2D eigenvalue weighted by molar-refractivity contribution is -0.143. The van der Waals surface area contributed by atoms with Crippen LogP contribution in [0.1, 0.15) is 32.3 Å². The van der Waals surface area contributed by atoms with E-state index in [0.717, 1.165) is 12.0 Å². The molecule has 5 nitrogen and oxygen atoms in total. The predicted octanol–water partition coefficient (Wildman–Crippen LogP) is 3.46. The van der Waals surface area contributed by atoms with E-state index in [-0.39, 0.29) is 12.6 Å². The van der Waals surface area contributed by atoms with E-state index in [4.69, 9.17) is 21.4 Å². The summed E-state index contributed by atoms with van der Waals surface area (Å²) in [6.45, 7) is 5.74. The summed E-state index contributed by atoms with van der Waals surface area (Å²) in [5, 5.41) is 8.98. The van der Waals surface area contributed by atoms with Gasteiger partial charge in [-0.3, -0.25) is 4.79 Å². The first-order valence-corrected chi connectivity index (χ1v) is 7.04. The lowest BCUT2D eigenvalue weighted by Gasteiger charge is -2.06. The molecule has 1 aromatic carbocycles. The summed E-state index contributed by atoms with van der Waals surface area (Å²) in [6, 6.07) is 5.03. The number of benzene rings is 1. The summed E-state index contributed by atoms with van der Waals surface area (Å²) in [4.78, 5) is 20.6. The lowest BCUT2D eigenvalue weighted by atomic mass is 10.2. The quantitative estimate of drug-likeness (QED) is 0.814. The van der Waals surface area contributed by atoms with Crippen molar-refractivity contribution in [2.24, 2.45) is 0 Å². The molecule has 0 unspecified atom stereocenters. The van der Waals surface area contributed by atoms with Crippen molar-refractivity contribution in [1.82, 2.24) is 0 Å². The molecule has 1 N–H and O–H groups in total. The first kappa shape index (κ1) is 19.2. The zero-order chi connectivity index (χ0) is 16.3. The Balaban J connectivity index is 0.000000433. The first-order valence-electron chi connectivity index (χ1n) is 6.67. The Labute approximate surface area is 129 Å². The molecule has 6 heteroatoms. The van der Waals surface area contributed by atoms with Crippen molar-refractivity contribution in [3.8, 4) is 5.75 Å². The van der Waals surface area contributed by atoms with Crippen molar-refractivity contribution in [2.75, 3.05) is 13.2 Å². The van der Waals surface area contributed by atoms with Crippen LogP contribution in [-0.4, -0.2) is 30.3 Å². The van der Waals surface area contributed by atoms with E-state index in [9.17, 15) is 9.59 Å². The summed E-state index contributed by atoms with van der Waals surface area (Å²) in [7, 11) is 0. The minimum atomic E-state index is -0.991. The van der Waals surface area contributed by atoms with E-state index in [1.54, 1.807) is 18.2 Å². The molecule has 0 aliphatic heterocycles. The Morgan fingerprint density at radius 1 is 1.29 bits per heavy atom. The van der Waals surface area contributed by atoms with Gasteiger partial charge in [0.15, 0.2) is 6.61 Å². The van der Waals surface area contributed by atoms with Crippen LogP contribution in [0, 0.1) is 6.92 Å². The van der Waals surface area contributed by atoms with Gasteiger partial charge < -0.3 is 14.6 Å². The van der Waals surface area contributed by atoms with Gasteiger partial charge >= 0.3 is 11.9 Å². The molecule has 0 bridgehead atoms. The fourth-order valence-corrected chi connectivity index (χ4v) is 1.58. The Bertz CT molecular complexity index is 451. The second-order valence-electron chi connectivity index (χ2n) is 4.15. The van der Waals surface area contributed by atoms with Crippen LogP contribution in [0.3, 0.4) is 0 Å². The fraction of sp³-hybridized carbons (Fsp3) is 0.467. The summed E-state index contributed by atoms with van der Waals surface area (Å²) in [5.41, 5.74) is 0.828. The number of carbonyl (C=O) groups is 2. The maximum absolute atomic E-state index is 10.4. The number of hydrogen-bond acceptors (Lipinski definition) is 4. The number of esters is 1. The molecule has 0 aliphatic carbocycles. The molecule has 0 radical (unpaired) electrons. The largest absolute Gasteiger partial charge is 0.482 e. The molecule has 0 fully saturated rings. The van der Waals surface area contributed by atoms with E-state index in [2.05, 4.69) is 4.74 Å². The Kier molecular flexibility index (Phi) is 10.1. The average molecular weight is 317 g/mol. The van der Waals surface area contributed by atoms with Gasteiger partial charge in [-0.05, 0) is 44.0 Å². The second kappa shape index (κ2) is 11.0. The smallest absolute Gasteiger partial charge is 0.341 e. The highest BCUT2D eigenvalue weighted by molar-refractivity contribution is 6.30. The van der Waals surface area contributed by atoms with Gasteiger partial charge in [0.25, 0.3) is 0 Å². The number of rotatable bonds is 6. The van der Waals surface area contributed by atoms with Crippen molar-refractivity contribution < 1.29 is 24.2 Å². The van der Waals surface area contributed by atoms with E-state index in [0.29, 0.717) is 23.8 Å². The first-order chi connectivity index (χ1) is 9.90. The SMILES string of the molecule is CCCC(=O)OCC.Cc1cc(Cl)ccc1OCC(=O)O. The average Bonchev–Trinajstić information content (AvgIpc) is 2.39. The van der Waals surface area contributed by atoms with Crippen LogP contribution in [0.5, 0.6) is 5.75 Å². The molecule has 0 atom stereocenters. The molecule has 0 heterocycles. The molecule has 1 rings (SSSR count). The summed E-state index contributed by atoms with van der Waals surface area (Å²) in [6.07, 6.45) is 1.42. The second-order valence-corrected chi connectivity index (χ2v) is 4.58. The van der Waals surface area contributed by atoms with Gasteiger partial charge in [0, 0.05) is 11.4 Å². The number of halogens is 1. The zero-order valence-corrected chi connectivity index (χ0v) is 13.3. The molecule has 1 aromatic rings. The van der Waals surface area contributed by atoms with Gasteiger partial charge in [-0.1, -0.05) is 18.5 Å². The number of carboxylic acid groups (broad SMARTS) is 1. The van der Waals surface area contributed by atoms with E-state index in [1.165, 1.54) is 0 Å². The molecule has 0 aromatic heterocycles. The van der Waals surface area contributed by atoms with Gasteiger partial charge in [-0.2, -0.15) is 0 Å². The van der Waals surface area contributed by atoms with Crippen LogP contribution in [0.25, 0.3) is 0 Å². The highest BCUT2D eigenvalue weighted by atomic mass is 35.5. The van der Waals surface area contributed by atoms with Crippen molar-refractivity contribution in [3.05, 3.63) is 28.8 Å². The van der Waals surface area contributed by atoms with Crippen molar-refractivity contribution in [3.63, 3.8) is 0 Å². The molecule has 0 aliphatic rings. The lowest BCUT2D eigenvalue weighted by Crippen LogP contribution is -2.09. The summed E-state index contributed by atoms with van der Waals surface area (Å²) < 4.78 is 9.64. The number of hydrogen-bond donors (Lipinski definition) is 1. The van der Waals surface area contributed by atoms with Gasteiger partial charge in [-0.25, -0.2) is 4.79 Å². The molecule has 118 valence electrons. The Hall–Kier alpha value is -1.75. The monoisotopic (exact) mass is 316 g/mol. The molecular formula is C15H21ClO5. The summed E-state index contributed by atoms with van der Waals surface area (Å²) in [5.74, 6) is -0.531. The maximum atomic E-state index is 10.4. The number of carbonyl (C=O) groups excluding carboxylic acids is 1. The standard InChI is InChI=1S/C9H9ClO3.C6H12O2/c1-6-4-7(10)2-3-8(6)13-5-9(11)12;1-3-5-6(7)8-4-2/h2-4H,5H2,1H3,(H,11,12);3-5H2,1-2H3. The minimum Gasteiger partial charge on any atom is -0.482 e. The topological polar surface area (TPSA) is 72.8 Å². The van der Waals surface area contributed by atoms with Gasteiger partial charge in [0.05, 0.1) is 6.61 Å². The molecular weight excluding hydrogens is 296 g/mol. The molecule has 21 heavy (non-hydrogen) atoms. The highest BCUT2D eigenvalue weighted by Crippen LogP contribution is 2.21. The predicted molar refractivity (Wildman–Crippen MR) is 80.9 cm³/mol. The third-order valence-electron chi connectivity index (χ3n) is 2.25. The Morgan fingerprint density at radius 3 is 2.43 bits per heavy atom. The normalized spacial score (nSPS) is 9.33. The molecule has 0 amide bonds. The number of aliphatic carboxylic acids is 1. The third-order valence-corrected chi connectivity index (χ3v) is 2.48. The molecule has 0 saturated carbocycles. The van der Waals surface area contributed by atoms with Gasteiger partial charge in [-0.15, -0.1) is 0 Å². The zero-order valence-electron chi connectivity index (χ0n) is 12.5. The number of aryl methyl sites for hydroxylation is 1. The minimum absolute atomic E-state index is 0.0880. The third kappa shape index (κ3) is 9.73. The number of carboxylic acids is 1. The Morgan fingerprint density at radius 2 is 1.95 bits per heavy atom. The van der Waals surface area contributed by atoms with E-state index >= 15 is 0 Å². The number of ether oxygens (including phenoxy) is 2. The summed E-state index contributed by atoms with van der Waals surface area (Å²) >= 11 is 5.71. The highest BCUT2D eigenvalue weighted by Gasteiger charge is 2.02. The van der Waals surface area contributed by atoms with Crippen LogP contribution in [0.2, 0.25) is 5.02 Å². The van der Waals surface area contributed by atoms with E-state index < -0.39 is 5.97 Å². The molecule has 0 saturated heterocycles. The van der Waals surface area contributed by atoms with Gasteiger partial charge in [0.2, 0.25) is 0 Å². The van der Waals surface area contributed by atoms with Crippen LogP contribution in [0.15, 0.2) is 18.2 Å². The van der Waals surface area contributed by atoms with Crippen LogP contribution in [-0.2, 0) is 14.3 Å². The van der Waals surface area contributed by atoms with Crippen molar-refractivity contribution in [1.29, 1.82) is 0 Å². The van der Waals surface area contributed by atoms with E-state index in [1.807, 2.05) is 20.8 Å². The maximum Gasteiger partial charge on any atom is 0.341 e. The van der Waals surface area contributed by atoms with Crippen LogP contribution in [0.4, 0.5) is 0 Å².